The molecule has 0 aliphatic rings. The summed E-state index contributed by atoms with van der Waals surface area (Å²) in [6.07, 6.45) is 4.19. The first-order valence-electron chi connectivity index (χ1n) is 9.52. The van der Waals surface area contributed by atoms with Crippen molar-refractivity contribution < 1.29 is 14.2 Å². The lowest BCUT2D eigenvalue weighted by Gasteiger charge is -2.04. The van der Waals surface area contributed by atoms with Gasteiger partial charge in [-0.3, -0.25) is 24.3 Å². The third kappa shape index (κ3) is 4.59. The molecule has 12 heteroatoms. The fourth-order valence-corrected chi connectivity index (χ4v) is 3.59. The number of rotatable bonds is 7. The Hall–Kier alpha value is -3.80. The van der Waals surface area contributed by atoms with Crippen molar-refractivity contribution >= 4 is 33.3 Å². The number of anilines is 1. The molecule has 0 fully saturated rings. The minimum absolute atomic E-state index is 0.0563. The van der Waals surface area contributed by atoms with Gasteiger partial charge in [-0.15, -0.1) is 0 Å². The SMILES string of the molecule is Cc1cccc(Cn2cc(Br)c(NC(=O)c3noc(C)c3Cn3cc([N+](=O)[O-])cn3)n2)c1. The second kappa shape index (κ2) is 8.75. The van der Waals surface area contributed by atoms with Crippen molar-refractivity contribution in [3.05, 3.63) is 85.6 Å². The van der Waals surface area contributed by atoms with Crippen molar-refractivity contribution in [1.29, 1.82) is 0 Å². The van der Waals surface area contributed by atoms with E-state index in [-0.39, 0.29) is 17.9 Å². The second-order valence-corrected chi connectivity index (χ2v) is 8.04. The highest BCUT2D eigenvalue weighted by Gasteiger charge is 2.23. The van der Waals surface area contributed by atoms with E-state index in [0.717, 1.165) is 17.3 Å². The number of nitro groups is 1. The molecule has 164 valence electrons. The quantitative estimate of drug-likeness (QED) is 0.302. The maximum atomic E-state index is 12.9. The van der Waals surface area contributed by atoms with Gasteiger partial charge in [-0.05, 0) is 35.3 Å². The Labute approximate surface area is 190 Å². The van der Waals surface area contributed by atoms with Crippen LogP contribution in [0.2, 0.25) is 0 Å². The van der Waals surface area contributed by atoms with Crippen LogP contribution in [0.5, 0.6) is 0 Å². The third-order valence-corrected chi connectivity index (χ3v) is 5.31. The summed E-state index contributed by atoms with van der Waals surface area (Å²) < 4.78 is 8.86. The fourth-order valence-electron chi connectivity index (χ4n) is 3.18. The lowest BCUT2D eigenvalue weighted by Crippen LogP contribution is -2.17. The molecule has 0 saturated carbocycles. The summed E-state index contributed by atoms with van der Waals surface area (Å²) in [5, 5.41) is 25.8. The van der Waals surface area contributed by atoms with Gasteiger partial charge < -0.3 is 9.84 Å². The Morgan fingerprint density at radius 2 is 2.06 bits per heavy atom. The molecule has 0 unspecified atom stereocenters. The van der Waals surface area contributed by atoms with E-state index in [1.165, 1.54) is 10.9 Å². The van der Waals surface area contributed by atoms with Crippen LogP contribution in [-0.2, 0) is 13.1 Å². The zero-order valence-corrected chi connectivity index (χ0v) is 18.7. The number of nitrogens with zero attached hydrogens (tertiary/aromatic N) is 6. The standard InChI is InChI=1S/C20H18BrN7O4/c1-12-4-3-5-14(6-12)8-27-11-17(21)19(24-27)23-20(29)18-16(13(2)32-25-18)10-26-9-15(7-22-26)28(30)31/h3-7,9,11H,8,10H2,1-2H3,(H,23,24,29). The monoisotopic (exact) mass is 499 g/mol. The maximum Gasteiger partial charge on any atom is 0.307 e. The number of aromatic nitrogens is 5. The van der Waals surface area contributed by atoms with E-state index in [0.29, 0.717) is 28.2 Å². The first-order chi connectivity index (χ1) is 15.3. The van der Waals surface area contributed by atoms with Gasteiger partial charge >= 0.3 is 5.69 Å². The highest BCUT2D eigenvalue weighted by molar-refractivity contribution is 9.10. The molecule has 4 aromatic rings. The summed E-state index contributed by atoms with van der Waals surface area (Å²) in [7, 11) is 0. The average Bonchev–Trinajstić information content (AvgIpc) is 3.43. The minimum Gasteiger partial charge on any atom is -0.361 e. The first kappa shape index (κ1) is 21.4. The van der Waals surface area contributed by atoms with E-state index in [1.54, 1.807) is 17.8 Å². The van der Waals surface area contributed by atoms with E-state index in [2.05, 4.69) is 42.7 Å². The minimum atomic E-state index is -0.539. The summed E-state index contributed by atoms with van der Waals surface area (Å²) in [5.74, 6) is 0.237. The van der Waals surface area contributed by atoms with E-state index < -0.39 is 10.8 Å². The van der Waals surface area contributed by atoms with E-state index in [9.17, 15) is 14.9 Å². The molecule has 3 heterocycles. The molecule has 11 nitrogen and oxygen atoms in total. The van der Waals surface area contributed by atoms with E-state index >= 15 is 0 Å². The van der Waals surface area contributed by atoms with Crippen LogP contribution < -0.4 is 5.32 Å². The average molecular weight is 500 g/mol. The van der Waals surface area contributed by atoms with Gasteiger partial charge in [0.2, 0.25) is 0 Å². The molecular weight excluding hydrogens is 482 g/mol. The van der Waals surface area contributed by atoms with Crippen molar-refractivity contribution in [3.63, 3.8) is 0 Å². The third-order valence-electron chi connectivity index (χ3n) is 4.73. The van der Waals surface area contributed by atoms with Crippen molar-refractivity contribution in [1.82, 2.24) is 24.7 Å². The van der Waals surface area contributed by atoms with Crippen LogP contribution in [0.25, 0.3) is 0 Å². The second-order valence-electron chi connectivity index (χ2n) is 7.19. The van der Waals surface area contributed by atoms with Gasteiger partial charge in [0.05, 0.1) is 22.5 Å². The van der Waals surface area contributed by atoms with Crippen molar-refractivity contribution in [2.75, 3.05) is 5.32 Å². The van der Waals surface area contributed by atoms with Crippen LogP contribution >= 0.6 is 15.9 Å². The Balaban J connectivity index is 1.51. The Bertz CT molecular complexity index is 1310. The van der Waals surface area contributed by atoms with E-state index in [1.807, 2.05) is 25.1 Å². The Kier molecular flexibility index (Phi) is 5.86. The van der Waals surface area contributed by atoms with Crippen LogP contribution in [-0.4, -0.2) is 35.5 Å². The van der Waals surface area contributed by atoms with Gasteiger partial charge in [-0.1, -0.05) is 35.0 Å². The zero-order chi connectivity index (χ0) is 22.8. The number of carbonyl (C=O) groups is 1. The lowest BCUT2D eigenvalue weighted by atomic mass is 10.1. The van der Waals surface area contributed by atoms with E-state index in [4.69, 9.17) is 4.52 Å². The van der Waals surface area contributed by atoms with Crippen LogP contribution in [0.15, 0.2) is 51.9 Å². The number of halogens is 1. The predicted octanol–water partition coefficient (Wildman–Crippen LogP) is 3.70. The zero-order valence-electron chi connectivity index (χ0n) is 17.1. The number of carbonyl (C=O) groups excluding carboxylic acids is 1. The largest absolute Gasteiger partial charge is 0.361 e. The Morgan fingerprint density at radius 1 is 1.25 bits per heavy atom. The molecule has 0 aliphatic carbocycles. The van der Waals surface area contributed by atoms with Crippen LogP contribution in [0.3, 0.4) is 0 Å². The smallest absolute Gasteiger partial charge is 0.307 e. The maximum absolute atomic E-state index is 12.9. The molecule has 0 spiro atoms. The number of benzene rings is 1. The van der Waals surface area contributed by atoms with Gasteiger partial charge in [0.15, 0.2) is 11.5 Å². The molecule has 3 aromatic heterocycles. The van der Waals surface area contributed by atoms with Crippen LogP contribution in [0.1, 0.15) is 32.9 Å². The molecule has 0 atom stereocenters. The number of amides is 1. The van der Waals surface area contributed by atoms with Crippen molar-refractivity contribution in [2.45, 2.75) is 26.9 Å². The molecule has 32 heavy (non-hydrogen) atoms. The summed E-state index contributed by atoms with van der Waals surface area (Å²) in [4.78, 5) is 23.2. The summed E-state index contributed by atoms with van der Waals surface area (Å²) in [6, 6.07) is 8.07. The molecule has 1 amide bonds. The van der Waals surface area contributed by atoms with Gasteiger partial charge in [0.25, 0.3) is 5.91 Å². The Morgan fingerprint density at radius 3 is 2.78 bits per heavy atom. The normalized spacial score (nSPS) is 11.0. The summed E-state index contributed by atoms with van der Waals surface area (Å²) in [5.41, 5.74) is 2.61. The summed E-state index contributed by atoms with van der Waals surface area (Å²) in [6.45, 7) is 4.31. The van der Waals surface area contributed by atoms with Crippen LogP contribution in [0.4, 0.5) is 11.5 Å². The van der Waals surface area contributed by atoms with Gasteiger partial charge in [0.1, 0.15) is 18.2 Å². The molecule has 0 bridgehead atoms. The first-order valence-corrected chi connectivity index (χ1v) is 10.3. The molecule has 0 aliphatic heterocycles. The lowest BCUT2D eigenvalue weighted by molar-refractivity contribution is -0.385. The van der Waals surface area contributed by atoms with Crippen molar-refractivity contribution in [2.24, 2.45) is 0 Å². The number of hydrogen-bond acceptors (Lipinski definition) is 7. The highest BCUT2D eigenvalue weighted by atomic mass is 79.9. The number of nitrogens with one attached hydrogen (secondary N) is 1. The van der Waals surface area contributed by atoms with Gasteiger partial charge in [-0.2, -0.15) is 10.2 Å². The van der Waals surface area contributed by atoms with Crippen molar-refractivity contribution in [3.8, 4) is 0 Å². The molecule has 1 aromatic carbocycles. The van der Waals surface area contributed by atoms with Gasteiger partial charge in [-0.25, -0.2) is 0 Å². The molecule has 1 N–H and O–H groups in total. The number of hydrogen-bond donors (Lipinski definition) is 1. The molecule has 0 radical (unpaired) electrons. The molecular formula is C20H18BrN7O4. The summed E-state index contributed by atoms with van der Waals surface area (Å²) >= 11 is 3.42. The number of aryl methyl sites for hydroxylation is 2. The predicted molar refractivity (Wildman–Crippen MR) is 117 cm³/mol. The topological polar surface area (TPSA) is 134 Å². The highest BCUT2D eigenvalue weighted by Crippen LogP contribution is 2.23. The van der Waals surface area contributed by atoms with Crippen LogP contribution in [0, 0.1) is 24.0 Å². The van der Waals surface area contributed by atoms with Gasteiger partial charge in [0, 0.05) is 11.8 Å². The molecule has 4 rings (SSSR count). The molecule has 0 saturated heterocycles. The fraction of sp³-hybridized carbons (Fsp3) is 0.200.